The van der Waals surface area contributed by atoms with Gasteiger partial charge in [-0.15, -0.1) is 11.6 Å². The van der Waals surface area contributed by atoms with E-state index in [4.69, 9.17) is 16.3 Å². The third-order valence-corrected chi connectivity index (χ3v) is 2.43. The lowest BCUT2D eigenvalue weighted by molar-refractivity contribution is -0.0498. The number of amides is 1. The van der Waals surface area contributed by atoms with Crippen LogP contribution in [0.4, 0.5) is 8.78 Å². The van der Waals surface area contributed by atoms with Gasteiger partial charge in [0.1, 0.15) is 5.75 Å². The quantitative estimate of drug-likeness (QED) is 0.785. The van der Waals surface area contributed by atoms with E-state index < -0.39 is 12.5 Å². The van der Waals surface area contributed by atoms with E-state index in [1.54, 1.807) is 0 Å². The van der Waals surface area contributed by atoms with E-state index in [1.165, 1.54) is 31.4 Å². The van der Waals surface area contributed by atoms with Crippen LogP contribution in [0.1, 0.15) is 10.4 Å². The van der Waals surface area contributed by atoms with Gasteiger partial charge in [-0.2, -0.15) is 8.78 Å². The minimum absolute atomic E-state index is 0.0676. The van der Waals surface area contributed by atoms with Crippen LogP contribution in [0.2, 0.25) is 0 Å². The second-order valence-corrected chi connectivity index (χ2v) is 4.29. The summed E-state index contributed by atoms with van der Waals surface area (Å²) in [4.78, 5) is 11.7. The molecule has 0 aliphatic rings. The van der Waals surface area contributed by atoms with E-state index in [-0.39, 0.29) is 23.2 Å². The fourth-order valence-electron chi connectivity index (χ4n) is 1.36. The Morgan fingerprint density at radius 1 is 1.47 bits per heavy atom. The summed E-state index contributed by atoms with van der Waals surface area (Å²) in [6.07, 6.45) is 0. The van der Waals surface area contributed by atoms with E-state index in [2.05, 4.69) is 10.1 Å². The molecule has 0 heterocycles. The van der Waals surface area contributed by atoms with Gasteiger partial charge >= 0.3 is 6.61 Å². The van der Waals surface area contributed by atoms with Crippen molar-refractivity contribution in [2.75, 3.05) is 20.3 Å². The molecule has 1 atom stereocenters. The van der Waals surface area contributed by atoms with E-state index in [0.717, 1.165) is 0 Å². The number of ether oxygens (including phenoxy) is 2. The number of rotatable bonds is 7. The predicted molar refractivity (Wildman–Crippen MR) is 66.9 cm³/mol. The van der Waals surface area contributed by atoms with Gasteiger partial charge in [-0.3, -0.25) is 4.79 Å². The molecule has 1 amide bonds. The number of hydrogen-bond acceptors (Lipinski definition) is 3. The Kier molecular flexibility index (Phi) is 6.52. The molecule has 0 aromatic heterocycles. The number of halogens is 3. The number of methoxy groups -OCH3 is 1. The van der Waals surface area contributed by atoms with Gasteiger partial charge in [0.15, 0.2) is 0 Å². The van der Waals surface area contributed by atoms with E-state index >= 15 is 0 Å². The number of carbonyl (C=O) groups is 1. The maximum Gasteiger partial charge on any atom is 0.387 e. The lowest BCUT2D eigenvalue weighted by atomic mass is 10.2. The van der Waals surface area contributed by atoms with Crippen molar-refractivity contribution in [2.24, 2.45) is 0 Å². The van der Waals surface area contributed by atoms with Crippen LogP contribution in [0.3, 0.4) is 0 Å². The number of carbonyl (C=O) groups excluding carboxylic acids is 1. The first-order valence-electron chi connectivity index (χ1n) is 5.49. The number of hydrogen-bond donors (Lipinski definition) is 1. The lowest BCUT2D eigenvalue weighted by Gasteiger charge is -2.10. The van der Waals surface area contributed by atoms with Crippen molar-refractivity contribution in [3.63, 3.8) is 0 Å². The predicted octanol–water partition coefficient (Wildman–Crippen LogP) is 2.27. The van der Waals surface area contributed by atoms with Gasteiger partial charge in [0, 0.05) is 19.2 Å². The van der Waals surface area contributed by atoms with E-state index in [9.17, 15) is 13.6 Å². The summed E-state index contributed by atoms with van der Waals surface area (Å²) in [6.45, 7) is -2.41. The summed E-state index contributed by atoms with van der Waals surface area (Å²) in [5.74, 6) is -0.483. The van der Waals surface area contributed by atoms with Crippen molar-refractivity contribution in [1.82, 2.24) is 5.32 Å². The van der Waals surface area contributed by atoms with Crippen LogP contribution in [0.5, 0.6) is 5.75 Å². The second kappa shape index (κ2) is 7.91. The number of nitrogens with one attached hydrogen (secondary N) is 1. The van der Waals surface area contributed by atoms with Crippen LogP contribution in [-0.2, 0) is 4.74 Å². The highest BCUT2D eigenvalue weighted by molar-refractivity contribution is 6.21. The van der Waals surface area contributed by atoms with E-state index in [1.807, 2.05) is 0 Å². The molecule has 0 saturated carbocycles. The van der Waals surface area contributed by atoms with Gasteiger partial charge in [-0.05, 0) is 18.2 Å². The summed E-state index contributed by atoms with van der Waals surface area (Å²) in [6, 6.07) is 5.53. The second-order valence-electron chi connectivity index (χ2n) is 3.67. The maximum atomic E-state index is 12.0. The normalized spacial score (nSPS) is 12.3. The largest absolute Gasteiger partial charge is 0.435 e. The molecule has 1 unspecified atom stereocenters. The molecular formula is C12H14ClF2NO3. The molecule has 106 valence electrons. The molecule has 0 bridgehead atoms. The highest BCUT2D eigenvalue weighted by atomic mass is 35.5. The Labute approximate surface area is 114 Å². The fraction of sp³-hybridized carbons (Fsp3) is 0.417. The van der Waals surface area contributed by atoms with Crippen molar-refractivity contribution in [2.45, 2.75) is 12.0 Å². The Balaban J connectivity index is 2.56. The standard InChI is InChI=1S/C12H14ClF2NO3/c1-18-7-9(13)6-16-11(17)8-3-2-4-10(5-8)19-12(14)15/h2-5,9,12H,6-7H2,1H3,(H,16,17). The lowest BCUT2D eigenvalue weighted by Crippen LogP contribution is -2.31. The average molecular weight is 294 g/mol. The molecule has 0 spiro atoms. The molecule has 7 heteroatoms. The molecule has 0 saturated heterocycles. The third-order valence-electron chi connectivity index (χ3n) is 2.15. The van der Waals surface area contributed by atoms with Gasteiger partial charge in [0.2, 0.25) is 0 Å². The van der Waals surface area contributed by atoms with Crippen LogP contribution in [0.25, 0.3) is 0 Å². The summed E-state index contributed by atoms with van der Waals surface area (Å²) >= 11 is 5.85. The number of benzene rings is 1. The fourth-order valence-corrected chi connectivity index (χ4v) is 1.56. The van der Waals surface area contributed by atoms with Crippen molar-refractivity contribution in [3.8, 4) is 5.75 Å². The Morgan fingerprint density at radius 2 is 2.21 bits per heavy atom. The topological polar surface area (TPSA) is 47.6 Å². The van der Waals surface area contributed by atoms with Crippen molar-refractivity contribution < 1.29 is 23.0 Å². The maximum absolute atomic E-state index is 12.0. The highest BCUT2D eigenvalue weighted by Crippen LogP contribution is 2.15. The summed E-state index contributed by atoms with van der Waals surface area (Å²) < 4.78 is 33.1. The minimum Gasteiger partial charge on any atom is -0.435 e. The first-order chi connectivity index (χ1) is 9.02. The van der Waals surface area contributed by atoms with Crippen molar-refractivity contribution >= 4 is 17.5 Å². The monoisotopic (exact) mass is 293 g/mol. The summed E-state index contributed by atoms with van der Waals surface area (Å²) in [7, 11) is 1.50. The van der Waals surface area contributed by atoms with Gasteiger partial charge in [0.05, 0.1) is 12.0 Å². The van der Waals surface area contributed by atoms with Crippen LogP contribution >= 0.6 is 11.6 Å². The zero-order chi connectivity index (χ0) is 14.3. The molecule has 0 radical (unpaired) electrons. The van der Waals surface area contributed by atoms with Gasteiger partial charge in [0.25, 0.3) is 5.91 Å². The van der Waals surface area contributed by atoms with Gasteiger partial charge < -0.3 is 14.8 Å². The van der Waals surface area contributed by atoms with Crippen molar-refractivity contribution in [1.29, 1.82) is 0 Å². The Bertz CT molecular complexity index is 418. The molecule has 0 aliphatic heterocycles. The molecular weight excluding hydrogens is 280 g/mol. The molecule has 4 nitrogen and oxygen atoms in total. The molecule has 1 aromatic rings. The molecule has 0 fully saturated rings. The van der Waals surface area contributed by atoms with Crippen molar-refractivity contribution in [3.05, 3.63) is 29.8 Å². The molecule has 0 aliphatic carbocycles. The average Bonchev–Trinajstić information content (AvgIpc) is 2.36. The highest BCUT2D eigenvalue weighted by Gasteiger charge is 2.11. The van der Waals surface area contributed by atoms with Gasteiger partial charge in [-0.25, -0.2) is 0 Å². The molecule has 1 rings (SSSR count). The smallest absolute Gasteiger partial charge is 0.387 e. The SMILES string of the molecule is COCC(Cl)CNC(=O)c1cccc(OC(F)F)c1. The summed E-state index contributed by atoms with van der Waals surface area (Å²) in [5, 5.41) is 2.22. The van der Waals surface area contributed by atoms with E-state index in [0.29, 0.717) is 6.61 Å². The van der Waals surface area contributed by atoms with Crippen LogP contribution in [0.15, 0.2) is 24.3 Å². The zero-order valence-electron chi connectivity index (χ0n) is 10.2. The third kappa shape index (κ3) is 5.85. The number of alkyl halides is 3. The minimum atomic E-state index is -2.92. The Morgan fingerprint density at radius 3 is 2.84 bits per heavy atom. The summed E-state index contributed by atoms with van der Waals surface area (Å²) in [5.41, 5.74) is 0.222. The van der Waals surface area contributed by atoms with Gasteiger partial charge in [-0.1, -0.05) is 6.07 Å². The Hall–Kier alpha value is -1.40. The first kappa shape index (κ1) is 15.7. The zero-order valence-corrected chi connectivity index (χ0v) is 11.0. The molecule has 1 aromatic carbocycles. The molecule has 19 heavy (non-hydrogen) atoms. The molecule has 1 N–H and O–H groups in total. The van der Waals surface area contributed by atoms with Crippen LogP contribution in [-0.4, -0.2) is 38.2 Å². The van der Waals surface area contributed by atoms with Crippen LogP contribution in [0, 0.1) is 0 Å². The van der Waals surface area contributed by atoms with Crippen LogP contribution < -0.4 is 10.1 Å². The first-order valence-corrected chi connectivity index (χ1v) is 5.92.